The fourth-order valence-electron chi connectivity index (χ4n) is 4.44. The maximum Gasteiger partial charge on any atom is 0.107 e. The highest BCUT2D eigenvalue weighted by Gasteiger charge is 2.16. The Labute approximate surface area is 209 Å². The molecule has 0 bridgehead atoms. The van der Waals surface area contributed by atoms with E-state index in [1.165, 1.54) is 0 Å². The van der Waals surface area contributed by atoms with Crippen molar-refractivity contribution < 1.29 is 0 Å². The first-order chi connectivity index (χ1) is 17.0. The number of aromatic nitrogens is 3. The van der Waals surface area contributed by atoms with E-state index < -0.39 is 0 Å². The standard InChI is InChI=1S/C27H29N7S/c1-18-22-8-9-29-25(22)7-6-24(18)32-27-20(14-28)15-30-19(2)23(27)5-4-21-17-35-26(31-21)16-34-12-10-33(3)11-13-34/h4-9,15,17,29H,10-13,16H2,1-3H3,(H,30,32). The predicted octanol–water partition coefficient (Wildman–Crippen LogP) is 5.17. The summed E-state index contributed by atoms with van der Waals surface area (Å²) in [5.74, 6) is 0. The minimum Gasteiger partial charge on any atom is -0.361 e. The monoisotopic (exact) mass is 483 g/mol. The minimum absolute atomic E-state index is 0.512. The summed E-state index contributed by atoms with van der Waals surface area (Å²) in [6.07, 6.45) is 7.61. The number of likely N-dealkylation sites (N-methyl/N-ethyl adjacent to an activating group) is 1. The Bertz CT molecular complexity index is 1420. The van der Waals surface area contributed by atoms with E-state index in [0.717, 1.165) is 82.5 Å². The molecular formula is C27H29N7S. The molecule has 3 aromatic heterocycles. The average molecular weight is 484 g/mol. The van der Waals surface area contributed by atoms with E-state index in [2.05, 4.69) is 62.6 Å². The highest BCUT2D eigenvalue weighted by atomic mass is 32.1. The zero-order valence-electron chi connectivity index (χ0n) is 20.3. The third kappa shape index (κ3) is 4.98. The molecule has 7 nitrogen and oxygen atoms in total. The van der Waals surface area contributed by atoms with Crippen LogP contribution in [0.5, 0.6) is 0 Å². The first-order valence-electron chi connectivity index (χ1n) is 11.8. The molecule has 0 atom stereocenters. The number of pyridine rings is 1. The van der Waals surface area contributed by atoms with E-state index in [1.807, 2.05) is 31.3 Å². The summed E-state index contributed by atoms with van der Waals surface area (Å²) in [5, 5.41) is 17.7. The lowest BCUT2D eigenvalue weighted by Gasteiger charge is -2.31. The van der Waals surface area contributed by atoms with Crippen LogP contribution in [0.25, 0.3) is 23.1 Å². The second-order valence-electron chi connectivity index (χ2n) is 9.04. The highest BCUT2D eigenvalue weighted by Crippen LogP contribution is 2.32. The van der Waals surface area contributed by atoms with Gasteiger partial charge in [-0.15, -0.1) is 11.3 Å². The van der Waals surface area contributed by atoms with E-state index in [0.29, 0.717) is 5.56 Å². The fourth-order valence-corrected chi connectivity index (χ4v) is 5.24. The Morgan fingerprint density at radius 2 is 2.00 bits per heavy atom. The van der Waals surface area contributed by atoms with Crippen LogP contribution in [0.4, 0.5) is 11.4 Å². The first-order valence-corrected chi connectivity index (χ1v) is 12.7. The van der Waals surface area contributed by atoms with Crippen molar-refractivity contribution in [1.82, 2.24) is 24.8 Å². The smallest absolute Gasteiger partial charge is 0.107 e. The molecule has 1 aliphatic rings. The number of piperazine rings is 1. The molecular weight excluding hydrogens is 454 g/mol. The van der Waals surface area contributed by atoms with Crippen molar-refractivity contribution in [3.05, 3.63) is 69.1 Å². The Kier molecular flexibility index (Phi) is 6.64. The van der Waals surface area contributed by atoms with Gasteiger partial charge in [-0.1, -0.05) is 0 Å². The normalized spacial score (nSPS) is 15.1. The zero-order valence-corrected chi connectivity index (χ0v) is 21.1. The lowest BCUT2D eigenvalue weighted by Crippen LogP contribution is -2.43. The van der Waals surface area contributed by atoms with Crippen LogP contribution >= 0.6 is 11.3 Å². The van der Waals surface area contributed by atoms with Gasteiger partial charge in [0.15, 0.2) is 0 Å². The van der Waals surface area contributed by atoms with Crippen LogP contribution < -0.4 is 5.32 Å². The number of aryl methyl sites for hydroxylation is 2. The topological polar surface area (TPSA) is 83.9 Å². The number of nitriles is 1. The van der Waals surface area contributed by atoms with Gasteiger partial charge in [-0.3, -0.25) is 9.88 Å². The summed E-state index contributed by atoms with van der Waals surface area (Å²) in [7, 11) is 2.17. The number of rotatable bonds is 6. The number of nitrogens with one attached hydrogen (secondary N) is 2. The summed E-state index contributed by atoms with van der Waals surface area (Å²) in [6, 6.07) is 8.47. The summed E-state index contributed by atoms with van der Waals surface area (Å²) in [4.78, 5) is 17.4. The van der Waals surface area contributed by atoms with E-state index >= 15 is 0 Å². The van der Waals surface area contributed by atoms with Gasteiger partial charge in [0.1, 0.15) is 11.1 Å². The number of anilines is 2. The maximum atomic E-state index is 9.80. The van der Waals surface area contributed by atoms with Crippen LogP contribution in [-0.4, -0.2) is 58.0 Å². The number of benzene rings is 1. The van der Waals surface area contributed by atoms with Crippen LogP contribution in [-0.2, 0) is 6.54 Å². The zero-order chi connectivity index (χ0) is 24.4. The number of thiazole rings is 1. The molecule has 0 amide bonds. The largest absolute Gasteiger partial charge is 0.361 e. The number of hydrogen-bond donors (Lipinski definition) is 2. The van der Waals surface area contributed by atoms with Gasteiger partial charge >= 0.3 is 0 Å². The molecule has 8 heteroatoms. The Hall–Kier alpha value is -3.51. The number of aromatic amines is 1. The van der Waals surface area contributed by atoms with Crippen molar-refractivity contribution in [3.63, 3.8) is 0 Å². The minimum atomic E-state index is 0.512. The Balaban J connectivity index is 1.40. The fraction of sp³-hybridized carbons (Fsp3) is 0.296. The van der Waals surface area contributed by atoms with E-state index in [1.54, 1.807) is 17.5 Å². The second kappa shape index (κ2) is 10.0. The summed E-state index contributed by atoms with van der Waals surface area (Å²) < 4.78 is 0. The molecule has 1 fully saturated rings. The van der Waals surface area contributed by atoms with E-state index in [9.17, 15) is 5.26 Å². The van der Waals surface area contributed by atoms with Crippen molar-refractivity contribution >= 4 is 45.8 Å². The molecule has 1 aromatic carbocycles. The molecule has 0 radical (unpaired) electrons. The molecule has 0 unspecified atom stereocenters. The second-order valence-corrected chi connectivity index (χ2v) is 9.98. The van der Waals surface area contributed by atoms with Gasteiger partial charge in [-0.05, 0) is 56.8 Å². The molecule has 5 rings (SSSR count). The van der Waals surface area contributed by atoms with Gasteiger partial charge in [0.2, 0.25) is 0 Å². The van der Waals surface area contributed by atoms with Crippen LogP contribution in [0.2, 0.25) is 0 Å². The van der Waals surface area contributed by atoms with E-state index in [4.69, 9.17) is 4.98 Å². The molecule has 1 saturated heterocycles. The molecule has 0 aliphatic carbocycles. The average Bonchev–Trinajstić information content (AvgIpc) is 3.52. The number of H-pyrrole nitrogens is 1. The molecule has 35 heavy (non-hydrogen) atoms. The molecule has 4 aromatic rings. The molecule has 2 N–H and O–H groups in total. The molecule has 178 valence electrons. The van der Waals surface area contributed by atoms with Gasteiger partial charge in [-0.25, -0.2) is 4.98 Å². The third-order valence-corrected chi connectivity index (χ3v) is 7.50. The quantitative estimate of drug-likeness (QED) is 0.394. The number of hydrogen-bond acceptors (Lipinski definition) is 7. The van der Waals surface area contributed by atoms with E-state index in [-0.39, 0.29) is 0 Å². The number of nitrogens with zero attached hydrogens (tertiary/aromatic N) is 5. The van der Waals surface area contributed by atoms with Gasteiger partial charge < -0.3 is 15.2 Å². The summed E-state index contributed by atoms with van der Waals surface area (Å²) in [5.41, 5.74) is 7.15. The van der Waals surface area contributed by atoms with Crippen LogP contribution in [0.15, 0.2) is 36.0 Å². The third-order valence-electron chi connectivity index (χ3n) is 6.64. The van der Waals surface area contributed by atoms with Crippen molar-refractivity contribution in [3.8, 4) is 6.07 Å². The lowest BCUT2D eigenvalue weighted by molar-refractivity contribution is 0.148. The van der Waals surface area contributed by atoms with Crippen molar-refractivity contribution in [2.75, 3.05) is 38.5 Å². The lowest BCUT2D eigenvalue weighted by atomic mass is 10.0. The Morgan fingerprint density at radius 1 is 1.17 bits per heavy atom. The van der Waals surface area contributed by atoms with Crippen LogP contribution in [0, 0.1) is 25.2 Å². The highest BCUT2D eigenvalue weighted by molar-refractivity contribution is 7.09. The van der Waals surface area contributed by atoms with Gasteiger partial charge in [0, 0.05) is 71.8 Å². The van der Waals surface area contributed by atoms with Gasteiger partial charge in [0.05, 0.1) is 23.5 Å². The van der Waals surface area contributed by atoms with Gasteiger partial charge in [0.25, 0.3) is 0 Å². The van der Waals surface area contributed by atoms with Gasteiger partial charge in [-0.2, -0.15) is 5.26 Å². The molecule has 0 spiro atoms. The van der Waals surface area contributed by atoms with Crippen LogP contribution in [0.3, 0.4) is 0 Å². The summed E-state index contributed by atoms with van der Waals surface area (Å²) >= 11 is 1.70. The van der Waals surface area contributed by atoms with Crippen molar-refractivity contribution in [2.24, 2.45) is 0 Å². The molecule has 1 aliphatic heterocycles. The molecule has 0 saturated carbocycles. The number of fused-ring (bicyclic) bond motifs is 1. The first kappa shape index (κ1) is 23.2. The van der Waals surface area contributed by atoms with Crippen LogP contribution in [0.1, 0.15) is 33.1 Å². The van der Waals surface area contributed by atoms with Crippen molar-refractivity contribution in [2.45, 2.75) is 20.4 Å². The predicted molar refractivity (Wildman–Crippen MR) is 144 cm³/mol. The summed E-state index contributed by atoms with van der Waals surface area (Å²) in [6.45, 7) is 9.31. The Morgan fingerprint density at radius 3 is 2.80 bits per heavy atom. The maximum absolute atomic E-state index is 9.80. The SMILES string of the molecule is Cc1ncc(C#N)c(Nc2ccc3[nH]ccc3c2C)c1C=Cc1csc(CN2CCN(C)CC2)n1. The molecule has 4 heterocycles. The van der Waals surface area contributed by atoms with Crippen molar-refractivity contribution in [1.29, 1.82) is 5.26 Å².